The van der Waals surface area contributed by atoms with Gasteiger partial charge in [-0.25, -0.2) is 0 Å². The first-order valence-electron chi connectivity index (χ1n) is 21.1. The highest BCUT2D eigenvalue weighted by Gasteiger charge is 2.69. The van der Waals surface area contributed by atoms with Gasteiger partial charge in [-0.3, -0.25) is 4.79 Å². The van der Waals surface area contributed by atoms with Crippen molar-refractivity contribution in [1.82, 2.24) is 0 Å². The van der Waals surface area contributed by atoms with Crippen molar-refractivity contribution in [3.63, 3.8) is 0 Å². The second-order valence-corrected chi connectivity index (χ2v) is 20.9. The van der Waals surface area contributed by atoms with Crippen LogP contribution in [0.25, 0.3) is 0 Å². The third-order valence-electron chi connectivity index (χ3n) is 18.2. The Bertz CT molecular complexity index is 1990. The molecule has 9 heteroatoms. The lowest BCUT2D eigenvalue weighted by molar-refractivity contribution is -0.210. The zero-order valence-electron chi connectivity index (χ0n) is 34.0. The van der Waals surface area contributed by atoms with Crippen LogP contribution in [0.2, 0.25) is 0 Å². The second-order valence-electron chi connectivity index (χ2n) is 20.9. The minimum absolute atomic E-state index is 0.00331. The molecule has 0 bridgehead atoms. The van der Waals surface area contributed by atoms with Crippen LogP contribution in [-0.2, 0) is 19.4 Å². The number of ether oxygens (including phenoxy) is 2. The quantitative estimate of drug-likeness (QED) is 0.184. The molecule has 300 valence electrons. The number of hydrogen-bond donors (Lipinski definition) is 6. The molecule has 2 aliphatic heterocycles. The molecule has 5 aliphatic carbocycles. The van der Waals surface area contributed by atoms with Gasteiger partial charge in [0.15, 0.2) is 5.78 Å². The summed E-state index contributed by atoms with van der Waals surface area (Å²) in [7, 11) is 0. The molecule has 2 heterocycles. The monoisotopic (exact) mass is 758 g/mol. The summed E-state index contributed by atoms with van der Waals surface area (Å²) < 4.78 is 14.6. The first-order chi connectivity index (χ1) is 25.7. The van der Waals surface area contributed by atoms with E-state index in [1.54, 1.807) is 0 Å². The highest BCUT2D eigenvalue weighted by atomic mass is 16.5. The van der Waals surface area contributed by atoms with Crippen molar-refractivity contribution >= 4 is 5.78 Å². The van der Waals surface area contributed by atoms with E-state index in [1.807, 2.05) is 0 Å². The lowest BCUT2D eigenvalue weighted by atomic mass is 9.43. The van der Waals surface area contributed by atoms with Gasteiger partial charge < -0.3 is 40.1 Å². The Labute approximate surface area is 325 Å². The van der Waals surface area contributed by atoms with Gasteiger partial charge in [0.25, 0.3) is 0 Å². The van der Waals surface area contributed by atoms with Gasteiger partial charge in [-0.15, -0.1) is 0 Å². The number of carbonyl (C=O) groups excluding carboxylic acids is 1. The number of aliphatic hydroxyl groups is 4. The van der Waals surface area contributed by atoms with E-state index in [2.05, 4.69) is 55.4 Å². The molecule has 2 aromatic carbocycles. The van der Waals surface area contributed by atoms with E-state index < -0.39 is 42.0 Å². The highest BCUT2D eigenvalue weighted by molar-refractivity contribution is 6.08. The SMILES string of the molecule is CC1CCC2C(C)(C)C(O)CCC2(C)C12Cc1c(O)cc3c(c1O2)C(O)C(c1c(CO)cc(O)c2c1OC1(C2)C(C)CCC2C(C)(C)C(O)CCC21C)C3=O. The summed E-state index contributed by atoms with van der Waals surface area (Å²) in [5.74, 6) is -0.285. The number of Topliss-reactive ketones (excluding diaryl/α,β-unsaturated/α-hetero) is 1. The number of phenols is 2. The van der Waals surface area contributed by atoms with Gasteiger partial charge >= 0.3 is 0 Å². The average molecular weight is 759 g/mol. The normalized spacial score (nSPS) is 43.3. The van der Waals surface area contributed by atoms with Crippen LogP contribution in [0.4, 0.5) is 0 Å². The van der Waals surface area contributed by atoms with Gasteiger partial charge in [-0.1, -0.05) is 55.4 Å². The summed E-state index contributed by atoms with van der Waals surface area (Å²) in [4.78, 5) is 14.8. The molecule has 9 nitrogen and oxygen atoms in total. The molecule has 55 heavy (non-hydrogen) atoms. The molecule has 7 aliphatic rings. The Morgan fingerprint density at radius 1 is 0.673 bits per heavy atom. The maximum Gasteiger partial charge on any atom is 0.174 e. The summed E-state index contributed by atoms with van der Waals surface area (Å²) in [6, 6.07) is 3.02. The van der Waals surface area contributed by atoms with Gasteiger partial charge in [0.1, 0.15) is 34.2 Å². The van der Waals surface area contributed by atoms with Crippen LogP contribution in [-0.4, -0.2) is 59.8 Å². The molecule has 9 rings (SSSR count). The van der Waals surface area contributed by atoms with Gasteiger partial charge in [0.05, 0.1) is 30.8 Å². The minimum atomic E-state index is -1.35. The van der Waals surface area contributed by atoms with E-state index in [9.17, 15) is 35.4 Å². The van der Waals surface area contributed by atoms with Crippen molar-refractivity contribution in [2.24, 2.45) is 45.3 Å². The first-order valence-corrected chi connectivity index (χ1v) is 21.1. The predicted molar refractivity (Wildman–Crippen MR) is 206 cm³/mol. The topological polar surface area (TPSA) is 157 Å². The third kappa shape index (κ3) is 4.42. The van der Waals surface area contributed by atoms with Gasteiger partial charge in [-0.2, -0.15) is 0 Å². The predicted octanol–water partition coefficient (Wildman–Crippen LogP) is 7.42. The van der Waals surface area contributed by atoms with E-state index in [1.165, 1.54) is 12.1 Å². The van der Waals surface area contributed by atoms with Crippen LogP contribution in [0.1, 0.15) is 157 Å². The Morgan fingerprint density at radius 2 is 1.13 bits per heavy atom. The van der Waals surface area contributed by atoms with Gasteiger partial charge in [0, 0.05) is 51.5 Å². The maximum absolute atomic E-state index is 14.8. The number of fused-ring (bicyclic) bond motifs is 8. The molecule has 0 radical (unpaired) electrons. The molecule has 2 spiro atoms. The van der Waals surface area contributed by atoms with Gasteiger partial charge in [0.2, 0.25) is 0 Å². The fourth-order valence-corrected chi connectivity index (χ4v) is 14.8. The number of phenolic OH excluding ortho intramolecular Hbond substituents is 2. The van der Waals surface area contributed by atoms with E-state index >= 15 is 0 Å². The molecular weight excluding hydrogens is 696 g/mol. The number of benzene rings is 2. The molecule has 12 atom stereocenters. The van der Waals surface area contributed by atoms with Crippen LogP contribution in [0.3, 0.4) is 0 Å². The van der Waals surface area contributed by atoms with Crippen molar-refractivity contribution in [1.29, 1.82) is 0 Å². The van der Waals surface area contributed by atoms with Crippen LogP contribution in [0.5, 0.6) is 23.0 Å². The Balaban J connectivity index is 1.15. The van der Waals surface area contributed by atoms with E-state index in [0.29, 0.717) is 65.0 Å². The van der Waals surface area contributed by atoms with Crippen molar-refractivity contribution < 1.29 is 44.9 Å². The van der Waals surface area contributed by atoms with Crippen molar-refractivity contribution in [2.75, 3.05) is 0 Å². The maximum atomic E-state index is 14.8. The average Bonchev–Trinajstić information content (AvgIpc) is 3.80. The number of hydrogen-bond acceptors (Lipinski definition) is 9. The second kappa shape index (κ2) is 11.6. The largest absolute Gasteiger partial charge is 0.508 e. The lowest BCUT2D eigenvalue weighted by Crippen LogP contribution is -2.66. The molecular formula is C46H62O9. The zero-order chi connectivity index (χ0) is 39.6. The van der Waals surface area contributed by atoms with Crippen molar-refractivity contribution in [2.45, 2.75) is 162 Å². The fourth-order valence-electron chi connectivity index (χ4n) is 14.8. The Kier molecular flexibility index (Phi) is 7.98. The van der Waals surface area contributed by atoms with Gasteiger partial charge in [-0.05, 0) is 104 Å². The van der Waals surface area contributed by atoms with E-state index in [0.717, 1.165) is 38.5 Å². The summed E-state index contributed by atoms with van der Waals surface area (Å²) in [6.07, 6.45) is 5.13. The molecule has 0 aromatic heterocycles. The van der Waals surface area contributed by atoms with Crippen molar-refractivity contribution in [3.05, 3.63) is 45.5 Å². The molecule has 4 saturated carbocycles. The molecule has 6 N–H and O–H groups in total. The molecule has 0 amide bonds. The molecule has 2 aromatic rings. The van der Waals surface area contributed by atoms with E-state index in [4.69, 9.17) is 9.47 Å². The Morgan fingerprint density at radius 3 is 1.60 bits per heavy atom. The van der Waals surface area contributed by atoms with Crippen LogP contribution >= 0.6 is 0 Å². The highest BCUT2D eigenvalue weighted by Crippen LogP contribution is 2.70. The van der Waals surface area contributed by atoms with Crippen LogP contribution < -0.4 is 9.47 Å². The molecule has 0 saturated heterocycles. The number of aromatic hydroxyl groups is 2. The minimum Gasteiger partial charge on any atom is -0.508 e. The standard InChI is InChI=1S/C46H62O9/c1-22-9-11-30-41(3,4)32(50)13-15-43(30,7)45(22)19-26-28(48)17-24(21-47)34(39(26)54-45)36-37(52)25-18-29(49)27-20-46(55-40(27)35(25)38(36)53)23(2)10-12-31-42(5,6)33(51)14-16-44(31,46)8/h17-18,22-23,30-33,36,38,47-51,53H,9-16,19-21H2,1-8H3. The fraction of sp³-hybridized carbons (Fsp3) is 0.717. The number of aliphatic hydroxyl groups excluding tert-OH is 4. The summed E-state index contributed by atoms with van der Waals surface area (Å²) in [6.45, 7) is 17.1. The molecule has 12 unspecified atom stereocenters. The van der Waals surface area contributed by atoms with Crippen molar-refractivity contribution in [3.8, 4) is 23.0 Å². The summed E-state index contributed by atoms with van der Waals surface area (Å²) >= 11 is 0. The smallest absolute Gasteiger partial charge is 0.174 e. The summed E-state index contributed by atoms with van der Waals surface area (Å²) in [5, 5.41) is 69.0. The zero-order valence-corrected chi connectivity index (χ0v) is 34.0. The summed E-state index contributed by atoms with van der Waals surface area (Å²) in [5.41, 5.74) is -0.363. The Hall–Kier alpha value is -2.85. The third-order valence-corrected chi connectivity index (χ3v) is 18.2. The van der Waals surface area contributed by atoms with Crippen LogP contribution in [0.15, 0.2) is 12.1 Å². The first kappa shape index (κ1) is 37.7. The number of carbonyl (C=O) groups is 1. The van der Waals surface area contributed by atoms with Crippen LogP contribution in [0, 0.1) is 45.3 Å². The lowest BCUT2D eigenvalue weighted by Gasteiger charge is -2.64. The number of ketones is 1. The number of rotatable bonds is 2. The molecule has 4 fully saturated rings. The van der Waals surface area contributed by atoms with E-state index in [-0.39, 0.29) is 68.2 Å².